The van der Waals surface area contributed by atoms with E-state index in [0.717, 1.165) is 16.7 Å². The number of hydrogen-bond acceptors (Lipinski definition) is 1. The first-order chi connectivity index (χ1) is 6.25. The fourth-order valence-electron chi connectivity index (χ4n) is 1.01. The Labute approximate surface area is 91.9 Å². The molecule has 0 aliphatic heterocycles. The monoisotopic (exact) mass is 259 g/mol. The van der Waals surface area contributed by atoms with Crippen molar-refractivity contribution in [1.29, 1.82) is 0 Å². The standard InChI is InChI=1S/C10H11BrClN/c1-8-9(11)4-2-5-10(8)13-7-3-6-12/h2-6,13H,7H2,1H3/b6-3+. The molecule has 0 unspecified atom stereocenters. The molecule has 1 N–H and O–H groups in total. The Morgan fingerprint density at radius 2 is 2.31 bits per heavy atom. The zero-order chi connectivity index (χ0) is 9.68. The lowest BCUT2D eigenvalue weighted by Crippen LogP contribution is -1.99. The van der Waals surface area contributed by atoms with Gasteiger partial charge in [-0.15, -0.1) is 0 Å². The smallest absolute Gasteiger partial charge is 0.0383 e. The van der Waals surface area contributed by atoms with Crippen LogP contribution in [0.25, 0.3) is 0 Å². The number of hydrogen-bond donors (Lipinski definition) is 1. The summed E-state index contributed by atoms with van der Waals surface area (Å²) in [6.07, 6.45) is 1.86. The Hall–Kier alpha value is -0.470. The molecule has 3 heteroatoms. The van der Waals surface area contributed by atoms with Crippen LogP contribution in [0, 0.1) is 6.92 Å². The van der Waals surface area contributed by atoms with Crippen molar-refractivity contribution in [2.24, 2.45) is 0 Å². The van der Waals surface area contributed by atoms with E-state index >= 15 is 0 Å². The average molecular weight is 261 g/mol. The highest BCUT2D eigenvalue weighted by atomic mass is 79.9. The van der Waals surface area contributed by atoms with Gasteiger partial charge in [0.2, 0.25) is 0 Å². The van der Waals surface area contributed by atoms with Gasteiger partial charge in [0.25, 0.3) is 0 Å². The van der Waals surface area contributed by atoms with Crippen LogP contribution >= 0.6 is 27.5 Å². The van der Waals surface area contributed by atoms with E-state index < -0.39 is 0 Å². The largest absolute Gasteiger partial charge is 0.381 e. The second kappa shape index (κ2) is 5.30. The zero-order valence-electron chi connectivity index (χ0n) is 7.35. The van der Waals surface area contributed by atoms with Gasteiger partial charge in [0, 0.05) is 22.2 Å². The van der Waals surface area contributed by atoms with Crippen LogP contribution in [0.1, 0.15) is 5.56 Å². The topological polar surface area (TPSA) is 12.0 Å². The summed E-state index contributed by atoms with van der Waals surface area (Å²) in [6, 6.07) is 6.07. The van der Waals surface area contributed by atoms with Gasteiger partial charge in [-0.3, -0.25) is 0 Å². The fraction of sp³-hybridized carbons (Fsp3) is 0.200. The van der Waals surface area contributed by atoms with Gasteiger partial charge < -0.3 is 5.32 Å². The third-order valence-electron chi connectivity index (χ3n) is 1.77. The molecule has 0 saturated carbocycles. The van der Waals surface area contributed by atoms with E-state index in [9.17, 15) is 0 Å². The third kappa shape index (κ3) is 3.05. The molecule has 0 aliphatic rings. The second-order valence-electron chi connectivity index (χ2n) is 2.65. The van der Waals surface area contributed by atoms with E-state index in [-0.39, 0.29) is 0 Å². The van der Waals surface area contributed by atoms with Gasteiger partial charge in [-0.05, 0) is 24.6 Å². The molecule has 13 heavy (non-hydrogen) atoms. The van der Waals surface area contributed by atoms with E-state index in [1.54, 1.807) is 0 Å². The maximum atomic E-state index is 5.41. The molecule has 0 atom stereocenters. The van der Waals surface area contributed by atoms with Crippen molar-refractivity contribution >= 4 is 33.2 Å². The van der Waals surface area contributed by atoms with Crippen LogP contribution in [0.2, 0.25) is 0 Å². The number of rotatable bonds is 3. The molecule has 1 aromatic rings. The first-order valence-corrected chi connectivity index (χ1v) is 5.23. The minimum absolute atomic E-state index is 0.751. The lowest BCUT2D eigenvalue weighted by Gasteiger charge is -2.08. The van der Waals surface area contributed by atoms with E-state index in [2.05, 4.69) is 28.2 Å². The maximum absolute atomic E-state index is 5.41. The summed E-state index contributed by atoms with van der Waals surface area (Å²) < 4.78 is 1.12. The van der Waals surface area contributed by atoms with Gasteiger partial charge in [0.15, 0.2) is 0 Å². The lowest BCUT2D eigenvalue weighted by atomic mass is 10.2. The van der Waals surface area contributed by atoms with Crippen LogP contribution in [0.5, 0.6) is 0 Å². The van der Waals surface area contributed by atoms with Crippen molar-refractivity contribution in [3.05, 3.63) is 39.8 Å². The van der Waals surface area contributed by atoms with Crippen LogP contribution in [-0.2, 0) is 0 Å². The summed E-state index contributed by atoms with van der Waals surface area (Å²) in [6.45, 7) is 2.82. The van der Waals surface area contributed by atoms with E-state index in [1.165, 1.54) is 11.1 Å². The predicted molar refractivity (Wildman–Crippen MR) is 62.4 cm³/mol. The van der Waals surface area contributed by atoms with Crippen LogP contribution in [0.4, 0.5) is 5.69 Å². The van der Waals surface area contributed by atoms with E-state index in [0.29, 0.717) is 0 Å². The summed E-state index contributed by atoms with van der Waals surface area (Å²) in [5.41, 5.74) is 3.86. The Balaban J connectivity index is 2.71. The van der Waals surface area contributed by atoms with Crippen LogP contribution in [-0.4, -0.2) is 6.54 Å². The number of anilines is 1. The highest BCUT2D eigenvalue weighted by molar-refractivity contribution is 9.10. The van der Waals surface area contributed by atoms with Gasteiger partial charge in [-0.25, -0.2) is 0 Å². The lowest BCUT2D eigenvalue weighted by molar-refractivity contribution is 1.29. The first-order valence-electron chi connectivity index (χ1n) is 4.00. The molecule has 0 aliphatic carbocycles. The summed E-state index contributed by atoms with van der Waals surface area (Å²) in [7, 11) is 0. The Bertz CT molecular complexity index is 310. The SMILES string of the molecule is Cc1c(Br)cccc1NC/C=C/Cl. The summed E-state index contributed by atoms with van der Waals surface area (Å²) in [5.74, 6) is 0. The highest BCUT2D eigenvalue weighted by Crippen LogP contribution is 2.23. The molecule has 0 heterocycles. The van der Waals surface area contributed by atoms with Crippen molar-refractivity contribution in [2.75, 3.05) is 11.9 Å². The molecule has 0 fully saturated rings. The number of benzene rings is 1. The molecule has 1 aromatic carbocycles. The molecule has 0 radical (unpaired) electrons. The van der Waals surface area contributed by atoms with Crippen LogP contribution < -0.4 is 5.32 Å². The molecular formula is C10H11BrClN. The molecule has 0 aromatic heterocycles. The second-order valence-corrected chi connectivity index (χ2v) is 3.76. The van der Waals surface area contributed by atoms with Crippen molar-refractivity contribution in [3.8, 4) is 0 Å². The minimum atomic E-state index is 0.751. The highest BCUT2D eigenvalue weighted by Gasteiger charge is 1.98. The maximum Gasteiger partial charge on any atom is 0.0383 e. The Kier molecular flexibility index (Phi) is 4.33. The van der Waals surface area contributed by atoms with Crippen molar-refractivity contribution in [3.63, 3.8) is 0 Å². The molecule has 0 bridgehead atoms. The molecule has 70 valence electrons. The molecule has 0 saturated heterocycles. The van der Waals surface area contributed by atoms with Crippen molar-refractivity contribution < 1.29 is 0 Å². The third-order valence-corrected chi connectivity index (χ3v) is 2.80. The molecule has 0 spiro atoms. The summed E-state index contributed by atoms with van der Waals surface area (Å²) >= 11 is 8.88. The van der Waals surface area contributed by atoms with Gasteiger partial charge in [-0.1, -0.05) is 39.7 Å². The Morgan fingerprint density at radius 1 is 1.54 bits per heavy atom. The van der Waals surface area contributed by atoms with E-state index in [4.69, 9.17) is 11.6 Å². The number of nitrogens with one attached hydrogen (secondary N) is 1. The van der Waals surface area contributed by atoms with Gasteiger partial charge in [0.05, 0.1) is 0 Å². The quantitative estimate of drug-likeness (QED) is 0.868. The fourth-order valence-corrected chi connectivity index (χ4v) is 1.47. The van der Waals surface area contributed by atoms with Gasteiger partial charge in [-0.2, -0.15) is 0 Å². The van der Waals surface area contributed by atoms with Crippen LogP contribution in [0.15, 0.2) is 34.3 Å². The molecule has 1 nitrogen and oxygen atoms in total. The zero-order valence-corrected chi connectivity index (χ0v) is 9.69. The first kappa shape index (κ1) is 10.6. The van der Waals surface area contributed by atoms with Gasteiger partial charge in [0.1, 0.15) is 0 Å². The Morgan fingerprint density at radius 3 is 3.00 bits per heavy atom. The molecule has 1 rings (SSSR count). The number of halogens is 2. The summed E-state index contributed by atoms with van der Waals surface area (Å²) in [5, 5.41) is 3.25. The van der Waals surface area contributed by atoms with E-state index in [1.807, 2.05) is 24.3 Å². The minimum Gasteiger partial charge on any atom is -0.381 e. The average Bonchev–Trinajstić information content (AvgIpc) is 2.13. The normalized spacial score (nSPS) is 10.7. The van der Waals surface area contributed by atoms with Gasteiger partial charge >= 0.3 is 0 Å². The van der Waals surface area contributed by atoms with Crippen LogP contribution in [0.3, 0.4) is 0 Å². The predicted octanol–water partition coefficient (Wildman–Crippen LogP) is 3.92. The molecular weight excluding hydrogens is 249 g/mol. The summed E-state index contributed by atoms with van der Waals surface area (Å²) in [4.78, 5) is 0. The molecule has 0 amide bonds. The van der Waals surface area contributed by atoms with Crippen molar-refractivity contribution in [2.45, 2.75) is 6.92 Å². The van der Waals surface area contributed by atoms with Crippen molar-refractivity contribution in [1.82, 2.24) is 0 Å².